The topological polar surface area (TPSA) is 91.0 Å². The van der Waals surface area contributed by atoms with Crippen LogP contribution in [0.4, 0.5) is 10.1 Å². The molecule has 0 aromatic heterocycles. The van der Waals surface area contributed by atoms with Crippen molar-refractivity contribution in [2.45, 2.75) is 19.0 Å². The Hall–Kier alpha value is -4.31. The standard InChI is InChI=1S/C26H23FN4O4S/c1-35-21-12-10-20(11-13-21)28-23(32)15-22-25(34)30(16-17-6-3-2-4-7-17)26(36)31(22)29-24(33)18-8-5-9-19(27)14-18/h2-14,22H,15-16H2,1H3,(H,28,32)(H,29,33)/t22-/m0/s1. The van der Waals surface area contributed by atoms with Crippen molar-refractivity contribution in [3.05, 3.63) is 95.8 Å². The van der Waals surface area contributed by atoms with Crippen LogP contribution >= 0.6 is 12.2 Å². The van der Waals surface area contributed by atoms with Crippen LogP contribution in [0.2, 0.25) is 0 Å². The molecule has 1 aliphatic rings. The van der Waals surface area contributed by atoms with E-state index in [0.29, 0.717) is 11.4 Å². The molecule has 3 aromatic carbocycles. The molecule has 0 bridgehead atoms. The third kappa shape index (κ3) is 5.66. The summed E-state index contributed by atoms with van der Waals surface area (Å²) in [6.45, 7) is 0.168. The first-order valence-corrected chi connectivity index (χ1v) is 11.5. The predicted octanol–water partition coefficient (Wildman–Crippen LogP) is 3.51. The van der Waals surface area contributed by atoms with Crippen molar-refractivity contribution < 1.29 is 23.5 Å². The maximum Gasteiger partial charge on any atom is 0.269 e. The molecule has 1 aliphatic heterocycles. The van der Waals surface area contributed by atoms with Crippen LogP contribution in [0.15, 0.2) is 78.9 Å². The van der Waals surface area contributed by atoms with Gasteiger partial charge in [-0.25, -0.2) is 9.40 Å². The van der Waals surface area contributed by atoms with Crippen molar-refractivity contribution in [2.75, 3.05) is 12.4 Å². The quantitative estimate of drug-likeness (QED) is 0.455. The summed E-state index contributed by atoms with van der Waals surface area (Å²) in [5.41, 5.74) is 3.98. The molecule has 1 atom stereocenters. The summed E-state index contributed by atoms with van der Waals surface area (Å²) in [4.78, 5) is 40.4. The number of amides is 3. The molecule has 1 fully saturated rings. The summed E-state index contributed by atoms with van der Waals surface area (Å²) in [5, 5.41) is 3.97. The molecule has 184 valence electrons. The van der Waals surface area contributed by atoms with E-state index in [1.165, 1.54) is 35.2 Å². The minimum atomic E-state index is -1.09. The molecule has 3 amide bonds. The van der Waals surface area contributed by atoms with Gasteiger partial charge in [-0.3, -0.25) is 24.7 Å². The highest BCUT2D eigenvalue weighted by molar-refractivity contribution is 7.80. The van der Waals surface area contributed by atoms with Crippen LogP contribution in [-0.4, -0.2) is 45.9 Å². The number of anilines is 1. The van der Waals surface area contributed by atoms with E-state index < -0.39 is 29.6 Å². The van der Waals surface area contributed by atoms with Gasteiger partial charge in [0, 0.05) is 11.3 Å². The summed E-state index contributed by atoms with van der Waals surface area (Å²) in [6.07, 6.45) is -0.278. The molecule has 36 heavy (non-hydrogen) atoms. The second-order valence-electron chi connectivity index (χ2n) is 8.01. The lowest BCUT2D eigenvalue weighted by molar-refractivity contribution is -0.131. The average Bonchev–Trinajstić information content (AvgIpc) is 3.09. The number of carbonyl (C=O) groups is 3. The fourth-order valence-electron chi connectivity index (χ4n) is 3.73. The maximum absolute atomic E-state index is 13.6. The van der Waals surface area contributed by atoms with Gasteiger partial charge in [0.1, 0.15) is 17.6 Å². The SMILES string of the molecule is COc1ccc(NC(=O)C[C@H]2C(=O)N(Cc3ccccc3)C(=S)N2NC(=O)c2cccc(F)c2)cc1. The number of halogens is 1. The van der Waals surface area contributed by atoms with Gasteiger partial charge in [-0.1, -0.05) is 36.4 Å². The number of carbonyl (C=O) groups excluding carboxylic acids is 3. The zero-order chi connectivity index (χ0) is 25.7. The molecule has 0 unspecified atom stereocenters. The van der Waals surface area contributed by atoms with Gasteiger partial charge in [0.05, 0.1) is 20.1 Å². The van der Waals surface area contributed by atoms with Gasteiger partial charge in [-0.15, -0.1) is 0 Å². The van der Waals surface area contributed by atoms with Crippen molar-refractivity contribution >= 4 is 40.7 Å². The Morgan fingerprint density at radius 3 is 2.42 bits per heavy atom. The Balaban J connectivity index is 1.54. The highest BCUT2D eigenvalue weighted by Gasteiger charge is 2.44. The van der Waals surface area contributed by atoms with Crippen molar-refractivity contribution in [3.63, 3.8) is 0 Å². The molecule has 2 N–H and O–H groups in total. The van der Waals surface area contributed by atoms with Crippen LogP contribution in [0.3, 0.4) is 0 Å². The second-order valence-corrected chi connectivity index (χ2v) is 8.38. The summed E-state index contributed by atoms with van der Waals surface area (Å²) in [5.74, 6) is -1.50. The second kappa shape index (κ2) is 11.0. The summed E-state index contributed by atoms with van der Waals surface area (Å²) in [6, 6.07) is 20.0. The number of hydrogen-bond acceptors (Lipinski definition) is 5. The first kappa shape index (κ1) is 24.8. The summed E-state index contributed by atoms with van der Waals surface area (Å²) in [7, 11) is 1.54. The Labute approximate surface area is 212 Å². The Morgan fingerprint density at radius 2 is 1.75 bits per heavy atom. The summed E-state index contributed by atoms with van der Waals surface area (Å²) >= 11 is 5.52. The third-order valence-electron chi connectivity index (χ3n) is 5.54. The lowest BCUT2D eigenvalue weighted by Gasteiger charge is -2.24. The first-order chi connectivity index (χ1) is 17.4. The minimum Gasteiger partial charge on any atom is -0.497 e. The van der Waals surface area contributed by atoms with E-state index in [4.69, 9.17) is 17.0 Å². The number of nitrogens with one attached hydrogen (secondary N) is 2. The van der Waals surface area contributed by atoms with E-state index in [9.17, 15) is 18.8 Å². The molecule has 0 radical (unpaired) electrons. The Kier molecular flexibility index (Phi) is 7.55. The lowest BCUT2D eigenvalue weighted by Crippen LogP contribution is -2.49. The number of hydrogen-bond donors (Lipinski definition) is 2. The first-order valence-electron chi connectivity index (χ1n) is 11.0. The molecule has 0 spiro atoms. The van der Waals surface area contributed by atoms with Crippen molar-refractivity contribution in [3.8, 4) is 5.75 Å². The van der Waals surface area contributed by atoms with Crippen LogP contribution in [-0.2, 0) is 16.1 Å². The zero-order valence-electron chi connectivity index (χ0n) is 19.3. The van der Waals surface area contributed by atoms with Crippen molar-refractivity contribution in [1.29, 1.82) is 0 Å². The highest BCUT2D eigenvalue weighted by atomic mass is 32.1. The molecule has 1 saturated heterocycles. The van der Waals surface area contributed by atoms with Gasteiger partial charge >= 0.3 is 0 Å². The zero-order valence-corrected chi connectivity index (χ0v) is 20.1. The van der Waals surface area contributed by atoms with Crippen LogP contribution in [0.5, 0.6) is 5.75 Å². The fraction of sp³-hybridized carbons (Fsp3) is 0.154. The number of nitrogens with zero attached hydrogens (tertiary/aromatic N) is 2. The van der Waals surface area contributed by atoms with E-state index in [1.807, 2.05) is 30.3 Å². The molecule has 3 aromatic rings. The van der Waals surface area contributed by atoms with E-state index in [-0.39, 0.29) is 23.6 Å². The van der Waals surface area contributed by atoms with Gasteiger partial charge in [0.25, 0.3) is 11.8 Å². The number of methoxy groups -OCH3 is 1. The van der Waals surface area contributed by atoms with Crippen molar-refractivity contribution in [1.82, 2.24) is 15.3 Å². The largest absolute Gasteiger partial charge is 0.497 e. The molecular weight excluding hydrogens is 483 g/mol. The molecule has 1 heterocycles. The maximum atomic E-state index is 13.6. The molecule has 0 saturated carbocycles. The minimum absolute atomic E-state index is 0.0378. The van der Waals surface area contributed by atoms with Crippen molar-refractivity contribution in [2.24, 2.45) is 0 Å². The van der Waals surface area contributed by atoms with Gasteiger partial charge in [-0.2, -0.15) is 0 Å². The molecule has 4 rings (SSSR count). The van der Waals surface area contributed by atoms with Crippen LogP contribution in [0.1, 0.15) is 22.3 Å². The fourth-order valence-corrected chi connectivity index (χ4v) is 4.06. The number of rotatable bonds is 8. The van der Waals surface area contributed by atoms with Gasteiger partial charge in [-0.05, 0) is 60.2 Å². The van der Waals surface area contributed by atoms with Gasteiger partial charge in [0.15, 0.2) is 5.11 Å². The Bertz CT molecular complexity index is 1290. The number of ether oxygens (including phenoxy) is 1. The van der Waals surface area contributed by atoms with Gasteiger partial charge in [0.2, 0.25) is 5.91 Å². The van der Waals surface area contributed by atoms with E-state index in [1.54, 1.807) is 24.3 Å². The highest BCUT2D eigenvalue weighted by Crippen LogP contribution is 2.23. The molecule has 0 aliphatic carbocycles. The van der Waals surface area contributed by atoms with E-state index in [0.717, 1.165) is 11.6 Å². The number of hydrazine groups is 1. The molecule has 8 nitrogen and oxygen atoms in total. The normalized spacial score (nSPS) is 15.1. The van der Waals surface area contributed by atoms with Crippen LogP contribution in [0.25, 0.3) is 0 Å². The molecule has 10 heteroatoms. The Morgan fingerprint density at radius 1 is 1.03 bits per heavy atom. The van der Waals surface area contributed by atoms with E-state index >= 15 is 0 Å². The smallest absolute Gasteiger partial charge is 0.269 e. The lowest BCUT2D eigenvalue weighted by atomic mass is 10.1. The summed E-state index contributed by atoms with van der Waals surface area (Å²) < 4.78 is 18.8. The third-order valence-corrected chi connectivity index (χ3v) is 5.96. The number of thiocarbonyl (C=S) groups is 1. The monoisotopic (exact) mass is 506 g/mol. The van der Waals surface area contributed by atoms with Crippen LogP contribution in [0, 0.1) is 5.82 Å². The molecular formula is C26H23FN4O4S. The average molecular weight is 507 g/mol. The van der Waals surface area contributed by atoms with E-state index in [2.05, 4.69) is 10.7 Å². The predicted molar refractivity (Wildman–Crippen MR) is 135 cm³/mol. The number of benzene rings is 3. The van der Waals surface area contributed by atoms with Crippen LogP contribution < -0.4 is 15.5 Å². The van der Waals surface area contributed by atoms with Gasteiger partial charge < -0.3 is 10.1 Å².